The second-order valence-electron chi connectivity index (χ2n) is 6.64. The molecular formula is C23H16Cl3N3O. The van der Waals surface area contributed by atoms with Crippen LogP contribution in [0.1, 0.15) is 15.9 Å². The highest BCUT2D eigenvalue weighted by molar-refractivity contribution is 6.36. The number of aromatic amines is 1. The Morgan fingerprint density at radius 2 is 1.67 bits per heavy atom. The Hall–Kier alpha value is -2.79. The van der Waals surface area contributed by atoms with Crippen molar-refractivity contribution < 1.29 is 4.79 Å². The summed E-state index contributed by atoms with van der Waals surface area (Å²) in [6.45, 7) is 0.366. The molecule has 4 rings (SSSR count). The molecule has 0 aliphatic carbocycles. The van der Waals surface area contributed by atoms with Gasteiger partial charge in [0, 0.05) is 33.3 Å². The Labute approximate surface area is 188 Å². The van der Waals surface area contributed by atoms with Crippen LogP contribution in [-0.2, 0) is 6.54 Å². The molecule has 4 nitrogen and oxygen atoms in total. The van der Waals surface area contributed by atoms with E-state index in [2.05, 4.69) is 15.5 Å². The zero-order valence-corrected chi connectivity index (χ0v) is 17.9. The Morgan fingerprint density at radius 3 is 2.40 bits per heavy atom. The molecule has 0 bridgehead atoms. The normalized spacial score (nSPS) is 10.8. The predicted molar refractivity (Wildman–Crippen MR) is 122 cm³/mol. The van der Waals surface area contributed by atoms with Gasteiger partial charge in [-0.1, -0.05) is 65.1 Å². The van der Waals surface area contributed by atoms with Gasteiger partial charge >= 0.3 is 0 Å². The van der Waals surface area contributed by atoms with Crippen LogP contribution in [0.5, 0.6) is 0 Å². The zero-order valence-electron chi connectivity index (χ0n) is 15.6. The van der Waals surface area contributed by atoms with Gasteiger partial charge in [-0.05, 0) is 48.0 Å². The Morgan fingerprint density at radius 1 is 0.900 bits per heavy atom. The van der Waals surface area contributed by atoms with Gasteiger partial charge in [0.2, 0.25) is 0 Å². The van der Waals surface area contributed by atoms with Crippen LogP contribution >= 0.6 is 34.8 Å². The lowest BCUT2D eigenvalue weighted by Crippen LogP contribution is -2.22. The van der Waals surface area contributed by atoms with E-state index in [9.17, 15) is 4.79 Å². The van der Waals surface area contributed by atoms with Crippen LogP contribution in [0.4, 0.5) is 0 Å². The van der Waals surface area contributed by atoms with Crippen molar-refractivity contribution in [1.82, 2.24) is 15.5 Å². The number of halogens is 3. The van der Waals surface area contributed by atoms with E-state index >= 15 is 0 Å². The molecule has 0 aliphatic heterocycles. The number of nitrogens with one attached hydrogen (secondary N) is 2. The van der Waals surface area contributed by atoms with Crippen LogP contribution < -0.4 is 5.32 Å². The number of amides is 1. The van der Waals surface area contributed by atoms with Gasteiger partial charge in [0.25, 0.3) is 5.91 Å². The van der Waals surface area contributed by atoms with E-state index in [1.807, 2.05) is 42.5 Å². The standard InChI is InChI=1S/C23H16Cl3N3O/c24-17-9-10-18(20(26)11-17)22-12-21(28-29-22)14-5-7-15(8-6-14)23(30)27-13-16-3-1-2-4-19(16)25/h1-12H,13H2,(H,27,30)(H,28,29). The largest absolute Gasteiger partial charge is 0.348 e. The van der Waals surface area contributed by atoms with Gasteiger partial charge in [-0.25, -0.2) is 0 Å². The van der Waals surface area contributed by atoms with E-state index < -0.39 is 0 Å². The quantitative estimate of drug-likeness (QED) is 0.354. The maximum Gasteiger partial charge on any atom is 0.251 e. The summed E-state index contributed by atoms with van der Waals surface area (Å²) in [7, 11) is 0. The summed E-state index contributed by atoms with van der Waals surface area (Å²) in [6, 6.07) is 21.9. The number of hydrogen-bond donors (Lipinski definition) is 2. The number of carbonyl (C=O) groups excluding carboxylic acids is 1. The number of hydrogen-bond acceptors (Lipinski definition) is 2. The fraction of sp³-hybridized carbons (Fsp3) is 0.0435. The van der Waals surface area contributed by atoms with E-state index in [0.29, 0.717) is 27.2 Å². The second-order valence-corrected chi connectivity index (χ2v) is 7.89. The molecule has 4 aromatic rings. The molecule has 1 heterocycles. The van der Waals surface area contributed by atoms with Crippen LogP contribution in [0, 0.1) is 0 Å². The van der Waals surface area contributed by atoms with Crippen molar-refractivity contribution in [2.24, 2.45) is 0 Å². The summed E-state index contributed by atoms with van der Waals surface area (Å²) in [5, 5.41) is 12.0. The summed E-state index contributed by atoms with van der Waals surface area (Å²) in [6.07, 6.45) is 0. The zero-order chi connectivity index (χ0) is 21.1. The fourth-order valence-corrected chi connectivity index (χ4v) is 3.74. The maximum absolute atomic E-state index is 12.4. The van der Waals surface area contributed by atoms with Gasteiger partial charge in [0.1, 0.15) is 0 Å². The number of carbonyl (C=O) groups is 1. The lowest BCUT2D eigenvalue weighted by Gasteiger charge is -2.07. The lowest BCUT2D eigenvalue weighted by molar-refractivity contribution is 0.0951. The van der Waals surface area contributed by atoms with E-state index in [0.717, 1.165) is 28.1 Å². The molecule has 0 radical (unpaired) electrons. The van der Waals surface area contributed by atoms with Crippen LogP contribution in [0.15, 0.2) is 72.8 Å². The monoisotopic (exact) mass is 455 g/mol. The molecule has 0 saturated heterocycles. The highest BCUT2D eigenvalue weighted by atomic mass is 35.5. The maximum atomic E-state index is 12.4. The third kappa shape index (κ3) is 4.51. The third-order valence-corrected chi connectivity index (χ3v) is 5.56. The number of rotatable bonds is 5. The lowest BCUT2D eigenvalue weighted by atomic mass is 10.1. The minimum atomic E-state index is -0.169. The van der Waals surface area contributed by atoms with Gasteiger partial charge in [0.05, 0.1) is 16.4 Å². The highest BCUT2D eigenvalue weighted by Gasteiger charge is 2.11. The Balaban J connectivity index is 1.46. The summed E-state index contributed by atoms with van der Waals surface area (Å²) in [5.41, 5.74) is 4.66. The molecule has 0 unspecified atom stereocenters. The van der Waals surface area contributed by atoms with Crippen molar-refractivity contribution in [2.75, 3.05) is 0 Å². The molecule has 2 N–H and O–H groups in total. The number of benzene rings is 3. The van der Waals surface area contributed by atoms with Crippen molar-refractivity contribution in [3.05, 3.63) is 99.0 Å². The van der Waals surface area contributed by atoms with E-state index in [4.69, 9.17) is 34.8 Å². The molecule has 7 heteroatoms. The van der Waals surface area contributed by atoms with Crippen molar-refractivity contribution >= 4 is 40.7 Å². The average molecular weight is 457 g/mol. The predicted octanol–water partition coefficient (Wildman–Crippen LogP) is 6.63. The van der Waals surface area contributed by atoms with Gasteiger partial charge in [0.15, 0.2) is 0 Å². The molecule has 0 saturated carbocycles. The number of H-pyrrole nitrogens is 1. The SMILES string of the molecule is O=C(NCc1ccccc1Cl)c1ccc(-c2cc(-c3ccc(Cl)cc3Cl)[nH]n2)cc1. The van der Waals surface area contributed by atoms with Gasteiger partial charge in [-0.3, -0.25) is 9.89 Å². The highest BCUT2D eigenvalue weighted by Crippen LogP contribution is 2.31. The van der Waals surface area contributed by atoms with Gasteiger partial charge in [-0.2, -0.15) is 5.10 Å². The van der Waals surface area contributed by atoms with E-state index in [1.165, 1.54) is 0 Å². The summed E-state index contributed by atoms with van der Waals surface area (Å²) >= 11 is 18.4. The molecule has 150 valence electrons. The summed E-state index contributed by atoms with van der Waals surface area (Å²) in [5.74, 6) is -0.169. The van der Waals surface area contributed by atoms with Gasteiger partial charge in [-0.15, -0.1) is 0 Å². The number of aromatic nitrogens is 2. The second kappa shape index (κ2) is 8.92. The molecule has 1 aromatic heterocycles. The van der Waals surface area contributed by atoms with Crippen LogP contribution in [0.3, 0.4) is 0 Å². The van der Waals surface area contributed by atoms with Crippen LogP contribution in [-0.4, -0.2) is 16.1 Å². The first-order valence-corrected chi connectivity index (χ1v) is 10.3. The molecule has 0 spiro atoms. The fourth-order valence-electron chi connectivity index (χ4n) is 3.03. The van der Waals surface area contributed by atoms with Gasteiger partial charge < -0.3 is 5.32 Å². The molecule has 0 aliphatic rings. The number of nitrogens with zero attached hydrogens (tertiary/aromatic N) is 1. The first-order chi connectivity index (χ1) is 14.5. The van der Waals surface area contributed by atoms with Crippen molar-refractivity contribution in [1.29, 1.82) is 0 Å². The first kappa shape index (κ1) is 20.5. The summed E-state index contributed by atoms with van der Waals surface area (Å²) < 4.78 is 0. The molecule has 0 atom stereocenters. The smallest absolute Gasteiger partial charge is 0.251 e. The average Bonchev–Trinajstić information content (AvgIpc) is 3.23. The Kier molecular flexibility index (Phi) is 6.09. The van der Waals surface area contributed by atoms with Crippen molar-refractivity contribution in [2.45, 2.75) is 6.54 Å². The topological polar surface area (TPSA) is 57.8 Å². The van der Waals surface area contributed by atoms with Crippen molar-refractivity contribution in [3.8, 4) is 22.5 Å². The minimum absolute atomic E-state index is 0.169. The summed E-state index contributed by atoms with van der Waals surface area (Å²) in [4.78, 5) is 12.4. The molecular weight excluding hydrogens is 441 g/mol. The third-order valence-electron chi connectivity index (χ3n) is 4.64. The Bertz CT molecular complexity index is 1200. The first-order valence-electron chi connectivity index (χ1n) is 9.14. The molecule has 0 fully saturated rings. The van der Waals surface area contributed by atoms with Crippen molar-refractivity contribution in [3.63, 3.8) is 0 Å². The van der Waals surface area contributed by atoms with E-state index in [-0.39, 0.29) is 5.91 Å². The molecule has 1 amide bonds. The van der Waals surface area contributed by atoms with Crippen LogP contribution in [0.2, 0.25) is 15.1 Å². The van der Waals surface area contributed by atoms with E-state index in [1.54, 1.807) is 30.3 Å². The van der Waals surface area contributed by atoms with Crippen LogP contribution in [0.25, 0.3) is 22.5 Å². The minimum Gasteiger partial charge on any atom is -0.348 e. The molecule has 3 aromatic carbocycles. The molecule has 30 heavy (non-hydrogen) atoms.